The van der Waals surface area contributed by atoms with E-state index < -0.39 is 0 Å². The molecule has 2 rings (SSSR count). The Kier molecular flexibility index (Phi) is 3.14. The number of ether oxygens (including phenoxy) is 1. The molecule has 0 atom stereocenters. The third-order valence-corrected chi connectivity index (χ3v) is 2.32. The third-order valence-electron chi connectivity index (χ3n) is 2.32. The van der Waals surface area contributed by atoms with E-state index in [2.05, 4.69) is 22.1 Å². The molecule has 1 N–H and O–H groups in total. The Morgan fingerprint density at radius 3 is 3.00 bits per heavy atom. The van der Waals surface area contributed by atoms with Crippen molar-refractivity contribution in [2.45, 2.75) is 38.5 Å². The molecule has 4 heteroatoms. The van der Waals surface area contributed by atoms with Crippen molar-refractivity contribution in [1.29, 1.82) is 0 Å². The van der Waals surface area contributed by atoms with Crippen LogP contribution in [-0.2, 0) is 11.2 Å². The van der Waals surface area contributed by atoms with Crippen molar-refractivity contribution >= 4 is 0 Å². The Hall–Kier alpha value is -0.900. The van der Waals surface area contributed by atoms with Crippen molar-refractivity contribution in [3.05, 3.63) is 11.6 Å². The summed E-state index contributed by atoms with van der Waals surface area (Å²) in [6.07, 6.45) is 4.43. The van der Waals surface area contributed by atoms with Gasteiger partial charge in [-0.05, 0) is 19.3 Å². The van der Waals surface area contributed by atoms with Gasteiger partial charge in [0, 0.05) is 18.9 Å². The van der Waals surface area contributed by atoms with Crippen molar-refractivity contribution in [1.82, 2.24) is 15.2 Å². The lowest BCUT2D eigenvalue weighted by Crippen LogP contribution is -2.00. The van der Waals surface area contributed by atoms with Crippen LogP contribution in [0.5, 0.6) is 0 Å². The molecule has 1 fully saturated rings. The van der Waals surface area contributed by atoms with E-state index in [1.54, 1.807) is 0 Å². The first kappa shape index (κ1) is 9.65. The van der Waals surface area contributed by atoms with Crippen LogP contribution in [0.25, 0.3) is 0 Å². The van der Waals surface area contributed by atoms with Crippen molar-refractivity contribution < 1.29 is 4.74 Å². The highest BCUT2D eigenvalue weighted by atomic mass is 16.5. The number of H-pyrrole nitrogens is 1. The summed E-state index contributed by atoms with van der Waals surface area (Å²) in [5.74, 6) is 2.59. The number of nitrogens with zero attached hydrogens (tertiary/aromatic N) is 2. The van der Waals surface area contributed by atoms with Crippen LogP contribution in [0.15, 0.2) is 0 Å². The van der Waals surface area contributed by atoms with Crippen molar-refractivity contribution in [2.75, 3.05) is 13.2 Å². The maximum atomic E-state index is 5.38. The summed E-state index contributed by atoms with van der Waals surface area (Å²) in [5, 5.41) is 7.15. The minimum Gasteiger partial charge on any atom is -0.381 e. The fourth-order valence-corrected chi connectivity index (χ4v) is 1.36. The number of aromatic amines is 1. The van der Waals surface area contributed by atoms with Gasteiger partial charge in [0.1, 0.15) is 5.82 Å². The van der Waals surface area contributed by atoms with Crippen LogP contribution in [0, 0.1) is 0 Å². The highest BCUT2D eigenvalue weighted by Gasteiger charge is 2.27. The van der Waals surface area contributed by atoms with Gasteiger partial charge in [-0.15, -0.1) is 0 Å². The summed E-state index contributed by atoms with van der Waals surface area (Å²) in [6, 6.07) is 0. The average Bonchev–Trinajstić information content (AvgIpc) is 2.94. The summed E-state index contributed by atoms with van der Waals surface area (Å²) in [4.78, 5) is 4.42. The van der Waals surface area contributed by atoms with Gasteiger partial charge in [-0.3, -0.25) is 5.10 Å². The molecule has 14 heavy (non-hydrogen) atoms. The molecule has 1 saturated carbocycles. The smallest absolute Gasteiger partial charge is 0.153 e. The van der Waals surface area contributed by atoms with Crippen LogP contribution in [0.1, 0.15) is 43.8 Å². The molecule has 0 unspecified atom stereocenters. The summed E-state index contributed by atoms with van der Waals surface area (Å²) in [6.45, 7) is 3.69. The normalized spacial score (nSPS) is 16.1. The van der Waals surface area contributed by atoms with E-state index in [0.717, 1.165) is 37.7 Å². The second kappa shape index (κ2) is 4.55. The largest absolute Gasteiger partial charge is 0.381 e. The van der Waals surface area contributed by atoms with E-state index in [4.69, 9.17) is 4.74 Å². The van der Waals surface area contributed by atoms with Gasteiger partial charge in [-0.25, -0.2) is 4.98 Å². The van der Waals surface area contributed by atoms with E-state index in [-0.39, 0.29) is 0 Å². The van der Waals surface area contributed by atoms with E-state index in [0.29, 0.717) is 5.92 Å². The number of nitrogens with one attached hydrogen (secondary N) is 1. The Balaban J connectivity index is 1.72. The summed E-state index contributed by atoms with van der Waals surface area (Å²) < 4.78 is 5.38. The van der Waals surface area contributed by atoms with E-state index >= 15 is 0 Å². The fourth-order valence-electron chi connectivity index (χ4n) is 1.36. The van der Waals surface area contributed by atoms with Gasteiger partial charge in [0.25, 0.3) is 0 Å². The molecule has 0 amide bonds. The van der Waals surface area contributed by atoms with Crippen LogP contribution >= 0.6 is 0 Å². The standard InChI is InChI=1S/C10H17N3O/c1-2-6-14-7-5-9-11-10(13-12-9)8-3-4-8/h8H,2-7H2,1H3,(H,11,12,13). The van der Waals surface area contributed by atoms with Crippen LogP contribution < -0.4 is 0 Å². The molecular weight excluding hydrogens is 178 g/mol. The highest BCUT2D eigenvalue weighted by molar-refractivity contribution is 5.04. The summed E-state index contributed by atoms with van der Waals surface area (Å²) in [7, 11) is 0. The quantitative estimate of drug-likeness (QED) is 0.702. The number of hydrogen-bond acceptors (Lipinski definition) is 3. The van der Waals surface area contributed by atoms with E-state index in [9.17, 15) is 0 Å². The second-order valence-electron chi connectivity index (χ2n) is 3.78. The molecule has 78 valence electrons. The molecule has 0 radical (unpaired) electrons. The third kappa shape index (κ3) is 2.54. The van der Waals surface area contributed by atoms with Gasteiger partial charge in [-0.1, -0.05) is 6.92 Å². The molecule has 1 aromatic heterocycles. The molecule has 1 aromatic rings. The lowest BCUT2D eigenvalue weighted by Gasteiger charge is -1.98. The number of hydrogen-bond donors (Lipinski definition) is 1. The topological polar surface area (TPSA) is 50.8 Å². The molecule has 1 aliphatic carbocycles. The zero-order valence-corrected chi connectivity index (χ0v) is 8.62. The highest BCUT2D eigenvalue weighted by Crippen LogP contribution is 2.37. The predicted octanol–water partition coefficient (Wildman–Crippen LogP) is 1.65. The van der Waals surface area contributed by atoms with Gasteiger partial charge in [0.2, 0.25) is 0 Å². The zero-order valence-electron chi connectivity index (χ0n) is 8.62. The molecule has 0 aromatic carbocycles. The predicted molar refractivity (Wildman–Crippen MR) is 53.2 cm³/mol. The van der Waals surface area contributed by atoms with Crippen LogP contribution in [0.4, 0.5) is 0 Å². The molecule has 1 aliphatic rings. The molecule has 0 aliphatic heterocycles. The number of rotatable bonds is 6. The average molecular weight is 195 g/mol. The van der Waals surface area contributed by atoms with Gasteiger partial charge >= 0.3 is 0 Å². The Morgan fingerprint density at radius 1 is 1.43 bits per heavy atom. The zero-order chi connectivity index (χ0) is 9.80. The first-order valence-electron chi connectivity index (χ1n) is 5.39. The molecule has 1 heterocycles. The van der Waals surface area contributed by atoms with Crippen molar-refractivity contribution in [3.63, 3.8) is 0 Å². The fraction of sp³-hybridized carbons (Fsp3) is 0.800. The molecule has 0 spiro atoms. The molecular formula is C10H17N3O. The molecule has 0 saturated heterocycles. The summed E-state index contributed by atoms with van der Waals surface area (Å²) >= 11 is 0. The first-order valence-corrected chi connectivity index (χ1v) is 5.39. The van der Waals surface area contributed by atoms with Crippen molar-refractivity contribution in [3.8, 4) is 0 Å². The maximum absolute atomic E-state index is 5.38. The molecule has 0 bridgehead atoms. The lowest BCUT2D eigenvalue weighted by atomic mass is 10.4. The van der Waals surface area contributed by atoms with Crippen LogP contribution in [0.3, 0.4) is 0 Å². The maximum Gasteiger partial charge on any atom is 0.153 e. The minimum absolute atomic E-state index is 0.636. The Morgan fingerprint density at radius 2 is 2.29 bits per heavy atom. The van der Waals surface area contributed by atoms with Gasteiger partial charge in [-0.2, -0.15) is 5.10 Å². The summed E-state index contributed by atoms with van der Waals surface area (Å²) in [5.41, 5.74) is 0. The van der Waals surface area contributed by atoms with Crippen molar-refractivity contribution in [2.24, 2.45) is 0 Å². The van der Waals surface area contributed by atoms with Gasteiger partial charge < -0.3 is 4.74 Å². The second-order valence-corrected chi connectivity index (χ2v) is 3.78. The van der Waals surface area contributed by atoms with Gasteiger partial charge in [0.15, 0.2) is 5.82 Å². The van der Waals surface area contributed by atoms with E-state index in [1.807, 2.05) is 0 Å². The Labute approximate surface area is 84.1 Å². The minimum atomic E-state index is 0.636. The SMILES string of the molecule is CCCOCCc1nc(C2CC2)n[nH]1. The van der Waals surface area contributed by atoms with E-state index in [1.165, 1.54) is 12.8 Å². The first-order chi connectivity index (χ1) is 6.90. The Bertz CT molecular complexity index is 281. The lowest BCUT2D eigenvalue weighted by molar-refractivity contribution is 0.136. The number of aromatic nitrogens is 3. The molecule has 4 nitrogen and oxygen atoms in total. The van der Waals surface area contributed by atoms with Crippen LogP contribution in [0.2, 0.25) is 0 Å². The monoisotopic (exact) mass is 195 g/mol. The van der Waals surface area contributed by atoms with Crippen LogP contribution in [-0.4, -0.2) is 28.4 Å². The van der Waals surface area contributed by atoms with Gasteiger partial charge in [0.05, 0.1) is 6.61 Å².